The number of benzene rings is 1. The van der Waals surface area contributed by atoms with Gasteiger partial charge in [-0.3, -0.25) is 0 Å². The van der Waals surface area contributed by atoms with Crippen molar-refractivity contribution in [1.82, 2.24) is 20.0 Å². The molecule has 0 aliphatic rings. The van der Waals surface area contributed by atoms with Crippen LogP contribution in [0.25, 0.3) is 10.2 Å². The molecule has 0 aliphatic carbocycles. The molecule has 0 radical (unpaired) electrons. The van der Waals surface area contributed by atoms with Crippen LogP contribution in [-0.4, -0.2) is 31.0 Å². The SMILES string of the molecule is CCCCNC(=O)NS(=O)(=O)c1ccc(Nc2ncnc3sc(CC)cc23)cc1. The van der Waals surface area contributed by atoms with Crippen molar-refractivity contribution in [3.05, 3.63) is 41.5 Å². The summed E-state index contributed by atoms with van der Waals surface area (Å²) >= 11 is 1.62. The Morgan fingerprint density at radius 2 is 1.90 bits per heavy atom. The number of rotatable bonds is 8. The van der Waals surface area contributed by atoms with E-state index in [1.165, 1.54) is 23.3 Å². The van der Waals surface area contributed by atoms with E-state index in [0.29, 0.717) is 18.1 Å². The van der Waals surface area contributed by atoms with Gasteiger partial charge in [0.05, 0.1) is 10.3 Å². The van der Waals surface area contributed by atoms with E-state index in [2.05, 4.69) is 33.6 Å². The molecule has 0 saturated carbocycles. The van der Waals surface area contributed by atoms with Gasteiger partial charge in [0.1, 0.15) is 17.0 Å². The van der Waals surface area contributed by atoms with Crippen molar-refractivity contribution in [3.63, 3.8) is 0 Å². The van der Waals surface area contributed by atoms with E-state index < -0.39 is 16.1 Å². The number of amides is 2. The van der Waals surface area contributed by atoms with Crippen LogP contribution in [-0.2, 0) is 16.4 Å². The second-order valence-electron chi connectivity index (χ2n) is 6.37. The van der Waals surface area contributed by atoms with E-state index in [9.17, 15) is 13.2 Å². The summed E-state index contributed by atoms with van der Waals surface area (Å²) in [5.74, 6) is 0.662. The molecule has 0 unspecified atom stereocenters. The second kappa shape index (κ2) is 9.19. The zero-order valence-corrected chi connectivity index (χ0v) is 17.9. The van der Waals surface area contributed by atoms with Crippen molar-refractivity contribution < 1.29 is 13.2 Å². The smallest absolute Gasteiger partial charge is 0.328 e. The molecule has 2 heterocycles. The number of sulfonamides is 1. The summed E-state index contributed by atoms with van der Waals surface area (Å²) < 4.78 is 26.7. The molecule has 0 bridgehead atoms. The molecule has 8 nitrogen and oxygen atoms in total. The molecule has 0 fully saturated rings. The van der Waals surface area contributed by atoms with Crippen molar-refractivity contribution in [2.75, 3.05) is 11.9 Å². The Balaban J connectivity index is 1.72. The predicted octanol–water partition coefficient (Wildman–Crippen LogP) is 3.79. The molecule has 154 valence electrons. The van der Waals surface area contributed by atoms with Crippen LogP contribution in [0.4, 0.5) is 16.3 Å². The lowest BCUT2D eigenvalue weighted by Gasteiger charge is -2.10. The fraction of sp³-hybridized carbons (Fsp3) is 0.316. The normalized spacial score (nSPS) is 11.4. The van der Waals surface area contributed by atoms with Crippen LogP contribution in [0.5, 0.6) is 0 Å². The van der Waals surface area contributed by atoms with Crippen molar-refractivity contribution >= 4 is 49.1 Å². The van der Waals surface area contributed by atoms with Crippen LogP contribution in [0, 0.1) is 0 Å². The first-order valence-electron chi connectivity index (χ1n) is 9.34. The monoisotopic (exact) mass is 433 g/mol. The summed E-state index contributed by atoms with van der Waals surface area (Å²) in [5, 5.41) is 6.65. The summed E-state index contributed by atoms with van der Waals surface area (Å²) in [5.41, 5.74) is 0.681. The topological polar surface area (TPSA) is 113 Å². The maximum atomic E-state index is 12.3. The molecule has 10 heteroatoms. The Bertz CT molecular complexity index is 1090. The highest BCUT2D eigenvalue weighted by Gasteiger charge is 2.17. The van der Waals surface area contributed by atoms with Gasteiger partial charge in [-0.2, -0.15) is 0 Å². The van der Waals surface area contributed by atoms with Gasteiger partial charge in [0.15, 0.2) is 0 Å². The molecule has 1 aromatic carbocycles. The van der Waals surface area contributed by atoms with Crippen molar-refractivity contribution in [1.29, 1.82) is 0 Å². The third kappa shape index (κ3) is 5.21. The molecule has 2 amide bonds. The highest BCUT2D eigenvalue weighted by molar-refractivity contribution is 7.90. The highest BCUT2D eigenvalue weighted by atomic mass is 32.2. The summed E-state index contributed by atoms with van der Waals surface area (Å²) in [6.07, 6.45) is 4.12. The predicted molar refractivity (Wildman–Crippen MR) is 115 cm³/mol. The molecule has 2 aromatic heterocycles. The minimum absolute atomic E-state index is 0.00493. The number of carbonyl (C=O) groups is 1. The van der Waals surface area contributed by atoms with Crippen molar-refractivity contribution in [3.8, 4) is 0 Å². The zero-order valence-electron chi connectivity index (χ0n) is 16.2. The minimum Gasteiger partial charge on any atom is -0.340 e. The number of fused-ring (bicyclic) bond motifs is 1. The van der Waals surface area contributed by atoms with Gasteiger partial charge in [0.25, 0.3) is 10.0 Å². The van der Waals surface area contributed by atoms with E-state index in [1.54, 1.807) is 23.5 Å². The number of urea groups is 1. The Hall–Kier alpha value is -2.72. The maximum absolute atomic E-state index is 12.3. The van der Waals surface area contributed by atoms with Gasteiger partial charge in [0.2, 0.25) is 0 Å². The van der Waals surface area contributed by atoms with E-state index >= 15 is 0 Å². The van der Waals surface area contributed by atoms with Gasteiger partial charge in [0, 0.05) is 17.1 Å². The van der Waals surface area contributed by atoms with E-state index in [0.717, 1.165) is 29.5 Å². The number of hydrogen-bond acceptors (Lipinski definition) is 7. The zero-order chi connectivity index (χ0) is 20.9. The van der Waals surface area contributed by atoms with Gasteiger partial charge >= 0.3 is 6.03 Å². The molecule has 3 N–H and O–H groups in total. The number of aromatic nitrogens is 2. The number of thiophene rings is 1. The van der Waals surface area contributed by atoms with Crippen molar-refractivity contribution in [2.24, 2.45) is 0 Å². The lowest BCUT2D eigenvalue weighted by Crippen LogP contribution is -2.39. The quantitative estimate of drug-likeness (QED) is 0.466. The Kier molecular flexibility index (Phi) is 6.65. The summed E-state index contributed by atoms with van der Waals surface area (Å²) in [6, 6.07) is 7.46. The number of aryl methyl sites for hydroxylation is 1. The fourth-order valence-electron chi connectivity index (χ4n) is 2.63. The van der Waals surface area contributed by atoms with Crippen LogP contribution in [0.15, 0.2) is 41.6 Å². The van der Waals surface area contributed by atoms with Gasteiger partial charge in [-0.1, -0.05) is 20.3 Å². The molecular weight excluding hydrogens is 410 g/mol. The lowest BCUT2D eigenvalue weighted by molar-refractivity contribution is 0.245. The van der Waals surface area contributed by atoms with Crippen LogP contribution < -0.4 is 15.4 Å². The number of nitrogens with one attached hydrogen (secondary N) is 3. The summed E-state index contributed by atoms with van der Waals surface area (Å²) in [7, 11) is -3.93. The minimum atomic E-state index is -3.93. The number of unbranched alkanes of at least 4 members (excludes halogenated alkanes) is 1. The van der Waals surface area contributed by atoms with Gasteiger partial charge in [-0.25, -0.2) is 27.9 Å². The van der Waals surface area contributed by atoms with E-state index in [4.69, 9.17) is 0 Å². The van der Waals surface area contributed by atoms with Gasteiger partial charge < -0.3 is 10.6 Å². The second-order valence-corrected chi connectivity index (χ2v) is 9.17. The third-order valence-electron chi connectivity index (χ3n) is 4.20. The first kappa shape index (κ1) is 21.0. The van der Waals surface area contributed by atoms with Crippen LogP contribution >= 0.6 is 11.3 Å². The molecule has 3 aromatic rings. The van der Waals surface area contributed by atoms with Crippen LogP contribution in [0.1, 0.15) is 31.6 Å². The standard InChI is InChI=1S/C19H23N5O3S2/c1-3-5-10-20-19(25)24-29(26,27)15-8-6-13(7-9-15)23-17-16-11-14(4-2)28-18(16)22-12-21-17/h6-9,11-12H,3-5,10H2,1-2H3,(H2,20,24,25)(H,21,22,23). The largest absolute Gasteiger partial charge is 0.340 e. The van der Waals surface area contributed by atoms with E-state index in [-0.39, 0.29) is 4.90 Å². The average Bonchev–Trinajstić information content (AvgIpc) is 3.13. The van der Waals surface area contributed by atoms with Crippen LogP contribution in [0.2, 0.25) is 0 Å². The molecular formula is C19H23N5O3S2. The Morgan fingerprint density at radius 1 is 1.14 bits per heavy atom. The maximum Gasteiger partial charge on any atom is 0.328 e. The number of hydrogen-bond donors (Lipinski definition) is 3. The van der Waals surface area contributed by atoms with Gasteiger partial charge in [-0.05, 0) is 43.2 Å². The number of anilines is 2. The highest BCUT2D eigenvalue weighted by Crippen LogP contribution is 2.30. The lowest BCUT2D eigenvalue weighted by atomic mass is 10.3. The molecule has 29 heavy (non-hydrogen) atoms. The molecule has 0 atom stereocenters. The molecule has 0 aliphatic heterocycles. The van der Waals surface area contributed by atoms with E-state index in [1.807, 2.05) is 11.6 Å². The third-order valence-corrected chi connectivity index (χ3v) is 6.73. The Morgan fingerprint density at radius 3 is 2.59 bits per heavy atom. The molecule has 3 rings (SSSR count). The average molecular weight is 434 g/mol. The fourth-order valence-corrected chi connectivity index (χ4v) is 4.49. The molecule has 0 spiro atoms. The first-order chi connectivity index (χ1) is 13.9. The molecule has 0 saturated heterocycles. The summed E-state index contributed by atoms with van der Waals surface area (Å²) in [4.78, 5) is 22.5. The Labute approximate surface area is 173 Å². The van der Waals surface area contributed by atoms with Crippen molar-refractivity contribution in [2.45, 2.75) is 38.0 Å². The summed E-state index contributed by atoms with van der Waals surface area (Å²) in [6.45, 7) is 4.50. The number of nitrogens with zero attached hydrogens (tertiary/aromatic N) is 2. The number of carbonyl (C=O) groups excluding carboxylic acids is 1. The first-order valence-corrected chi connectivity index (χ1v) is 11.6. The van der Waals surface area contributed by atoms with Crippen LogP contribution in [0.3, 0.4) is 0 Å². The van der Waals surface area contributed by atoms with Gasteiger partial charge in [-0.15, -0.1) is 11.3 Å².